The molecule has 3 nitrogen and oxygen atoms in total. The van der Waals surface area contributed by atoms with Gasteiger partial charge in [0.1, 0.15) is 5.04 Å². The van der Waals surface area contributed by atoms with E-state index in [0.29, 0.717) is 0 Å². The van der Waals surface area contributed by atoms with Crippen LogP contribution in [0, 0.1) is 0 Å². The summed E-state index contributed by atoms with van der Waals surface area (Å²) in [5.74, 6) is 0. The van der Waals surface area contributed by atoms with E-state index in [1.54, 1.807) is 0 Å². The molecule has 6 heteroatoms. The lowest BCUT2D eigenvalue weighted by Gasteiger charge is -2.07. The van der Waals surface area contributed by atoms with Crippen LogP contribution in [0.15, 0.2) is 34.7 Å². The molecular weight excluding hydrogens is 247 g/mol. The summed E-state index contributed by atoms with van der Waals surface area (Å²) in [5.41, 5.74) is 0.946. The van der Waals surface area contributed by atoms with Crippen LogP contribution in [0.1, 0.15) is 5.56 Å². The Labute approximate surface area is 102 Å². The maximum Gasteiger partial charge on any atom is 0.411 e. The molecular formula is C10H11FN2OS2. The van der Waals surface area contributed by atoms with Gasteiger partial charge in [0.05, 0.1) is 12.1 Å². The van der Waals surface area contributed by atoms with E-state index in [4.69, 9.17) is 0 Å². The molecule has 1 rings (SSSR count). The fourth-order valence-electron chi connectivity index (χ4n) is 0.919. The third-order valence-corrected chi connectivity index (χ3v) is 3.19. The molecule has 0 aliphatic rings. The van der Waals surface area contributed by atoms with Crippen molar-refractivity contribution in [3.63, 3.8) is 0 Å². The quantitative estimate of drug-likeness (QED) is 0.274. The third kappa shape index (κ3) is 3.86. The molecule has 0 fully saturated rings. The number of thioether (sulfide) groups is 1. The van der Waals surface area contributed by atoms with Gasteiger partial charge in [-0.3, -0.25) is 0 Å². The second kappa shape index (κ2) is 6.55. The number of nitrogens with zero attached hydrogens (tertiary/aromatic N) is 2. The summed E-state index contributed by atoms with van der Waals surface area (Å²) in [6.45, 7) is 0. The van der Waals surface area contributed by atoms with Crippen molar-refractivity contribution in [3.05, 3.63) is 35.9 Å². The van der Waals surface area contributed by atoms with Crippen LogP contribution in [0.5, 0.6) is 0 Å². The number of benzene rings is 1. The minimum absolute atomic E-state index is 0.749. The molecule has 1 aromatic carbocycles. The summed E-state index contributed by atoms with van der Waals surface area (Å²) in [5, 5.41) is 0.749. The number of hydrogen-bond acceptors (Lipinski definition) is 4. The summed E-state index contributed by atoms with van der Waals surface area (Å²) >= 11 is 2.23. The van der Waals surface area contributed by atoms with Crippen molar-refractivity contribution in [2.45, 2.75) is 0 Å². The Hall–Kier alpha value is -1.01. The molecule has 0 aliphatic heterocycles. The Morgan fingerprint density at radius 1 is 1.38 bits per heavy atom. The first kappa shape index (κ1) is 13.1. The number of hydrogen-bond donors (Lipinski definition) is 0. The number of rotatable bonds is 3. The van der Waals surface area contributed by atoms with E-state index in [1.165, 1.54) is 18.8 Å². The van der Waals surface area contributed by atoms with Gasteiger partial charge in [0, 0.05) is 12.6 Å². The first-order chi connectivity index (χ1) is 7.65. The molecule has 0 N–H and O–H groups in total. The van der Waals surface area contributed by atoms with Crippen LogP contribution in [0.4, 0.5) is 9.18 Å². The van der Waals surface area contributed by atoms with Gasteiger partial charge in [-0.15, -0.1) is 16.2 Å². The van der Waals surface area contributed by atoms with Gasteiger partial charge >= 0.3 is 6.16 Å². The topological polar surface area (TPSA) is 32.7 Å². The monoisotopic (exact) mass is 258 g/mol. The van der Waals surface area contributed by atoms with E-state index >= 15 is 0 Å². The van der Waals surface area contributed by atoms with E-state index < -0.39 is 6.16 Å². The molecule has 0 heterocycles. The van der Waals surface area contributed by atoms with Crippen LogP contribution in [0.3, 0.4) is 0 Å². The van der Waals surface area contributed by atoms with E-state index in [0.717, 1.165) is 27.0 Å². The van der Waals surface area contributed by atoms with Gasteiger partial charge in [-0.2, -0.15) is 4.40 Å². The molecule has 0 saturated heterocycles. The van der Waals surface area contributed by atoms with Crippen molar-refractivity contribution in [3.8, 4) is 0 Å². The normalized spacial score (nSPS) is 11.3. The maximum absolute atomic E-state index is 12.2. The summed E-state index contributed by atoms with van der Waals surface area (Å²) in [6, 6.07) is 9.53. The highest BCUT2D eigenvalue weighted by molar-refractivity contribution is 8.14. The Bertz CT molecular complexity index is 384. The number of carbonyl (C=O) groups excluding carboxylic acids is 1. The number of amides is 1. The van der Waals surface area contributed by atoms with Crippen LogP contribution in [-0.4, -0.2) is 28.8 Å². The predicted octanol–water partition coefficient (Wildman–Crippen LogP) is 3.38. The molecule has 0 saturated carbocycles. The van der Waals surface area contributed by atoms with Crippen LogP contribution < -0.4 is 0 Å². The largest absolute Gasteiger partial charge is 0.411 e. The van der Waals surface area contributed by atoms with Gasteiger partial charge in [0.25, 0.3) is 0 Å². The molecule has 0 bridgehead atoms. The zero-order chi connectivity index (χ0) is 12.0. The summed E-state index contributed by atoms with van der Waals surface area (Å²) in [6.07, 6.45) is 0.367. The predicted molar refractivity (Wildman–Crippen MR) is 68.4 cm³/mol. The van der Waals surface area contributed by atoms with Crippen LogP contribution in [0.25, 0.3) is 0 Å². The molecule has 0 unspecified atom stereocenters. The molecule has 0 aliphatic carbocycles. The van der Waals surface area contributed by atoms with Gasteiger partial charge in [-0.05, 0) is 6.26 Å². The average molecular weight is 258 g/mol. The highest BCUT2D eigenvalue weighted by Crippen LogP contribution is 2.18. The lowest BCUT2D eigenvalue weighted by atomic mass is 10.2. The minimum Gasteiger partial charge on any atom is -0.242 e. The zero-order valence-electron chi connectivity index (χ0n) is 8.88. The van der Waals surface area contributed by atoms with Gasteiger partial charge in [0.2, 0.25) is 0 Å². The van der Waals surface area contributed by atoms with Gasteiger partial charge in [0.15, 0.2) is 0 Å². The highest BCUT2D eigenvalue weighted by atomic mass is 32.2. The van der Waals surface area contributed by atoms with Gasteiger partial charge < -0.3 is 0 Å². The van der Waals surface area contributed by atoms with Crippen molar-refractivity contribution in [2.24, 2.45) is 4.40 Å². The van der Waals surface area contributed by atoms with E-state index in [-0.39, 0.29) is 0 Å². The van der Waals surface area contributed by atoms with Crippen molar-refractivity contribution >= 4 is 35.1 Å². The Morgan fingerprint density at radius 3 is 2.50 bits per heavy atom. The summed E-state index contributed by atoms with van der Waals surface area (Å²) in [7, 11) is 1.33. The Kier molecular flexibility index (Phi) is 5.34. The molecule has 86 valence electrons. The van der Waals surface area contributed by atoms with Crippen LogP contribution in [0.2, 0.25) is 0 Å². The van der Waals surface area contributed by atoms with Gasteiger partial charge in [-0.1, -0.05) is 30.3 Å². The van der Waals surface area contributed by atoms with Crippen molar-refractivity contribution in [2.75, 3.05) is 13.3 Å². The van der Waals surface area contributed by atoms with Crippen LogP contribution >= 0.6 is 23.9 Å². The van der Waals surface area contributed by atoms with Gasteiger partial charge in [-0.25, -0.2) is 9.10 Å². The summed E-state index contributed by atoms with van der Waals surface area (Å²) in [4.78, 5) is 10.3. The number of halogens is 1. The van der Waals surface area contributed by atoms with Crippen molar-refractivity contribution in [1.82, 2.24) is 4.31 Å². The minimum atomic E-state index is -1.51. The average Bonchev–Trinajstić information content (AvgIpc) is 2.30. The fraction of sp³-hybridized carbons (Fsp3) is 0.200. The lowest BCUT2D eigenvalue weighted by Crippen LogP contribution is -2.11. The van der Waals surface area contributed by atoms with Crippen molar-refractivity contribution < 1.29 is 9.18 Å². The third-order valence-electron chi connectivity index (χ3n) is 1.71. The van der Waals surface area contributed by atoms with Crippen molar-refractivity contribution in [1.29, 1.82) is 0 Å². The molecule has 0 aromatic heterocycles. The van der Waals surface area contributed by atoms with E-state index in [2.05, 4.69) is 4.40 Å². The molecule has 0 atom stereocenters. The van der Waals surface area contributed by atoms with E-state index in [9.17, 15) is 9.18 Å². The second-order valence-corrected chi connectivity index (χ2v) is 4.49. The molecule has 1 amide bonds. The Balaban J connectivity index is 2.75. The highest BCUT2D eigenvalue weighted by Gasteiger charge is 2.08. The zero-order valence-corrected chi connectivity index (χ0v) is 10.5. The SMILES string of the molecule is CSC(=NSN(C)C(=O)F)c1ccccc1. The smallest absolute Gasteiger partial charge is 0.242 e. The maximum atomic E-state index is 12.2. The second-order valence-electron chi connectivity index (χ2n) is 2.80. The lowest BCUT2D eigenvalue weighted by molar-refractivity contribution is 0.209. The molecule has 0 spiro atoms. The molecule has 1 aromatic rings. The first-order valence-corrected chi connectivity index (χ1v) is 6.38. The number of carbonyl (C=O) groups is 1. The van der Waals surface area contributed by atoms with E-state index in [1.807, 2.05) is 36.6 Å². The first-order valence-electron chi connectivity index (χ1n) is 4.43. The standard InChI is InChI=1S/C10H11FN2OS2/c1-13(10(11)14)16-12-9(15-2)8-6-4-3-5-7-8/h3-7H,1-2H3. The summed E-state index contributed by atoms with van der Waals surface area (Å²) < 4.78 is 17.2. The van der Waals surface area contributed by atoms with Crippen LogP contribution in [-0.2, 0) is 0 Å². The molecule has 0 radical (unpaired) electrons. The molecule has 16 heavy (non-hydrogen) atoms. The Morgan fingerprint density at radius 2 is 2.00 bits per heavy atom. The fourth-order valence-corrected chi connectivity index (χ4v) is 2.06.